The third kappa shape index (κ3) is 4.63. The van der Waals surface area contributed by atoms with E-state index < -0.39 is 0 Å². The number of methoxy groups -OCH3 is 1. The molecule has 0 bridgehead atoms. The van der Waals surface area contributed by atoms with Gasteiger partial charge in [0.05, 0.1) is 6.61 Å². The first-order valence-electron chi connectivity index (χ1n) is 4.77. The topological polar surface area (TPSA) is 9.23 Å². The molecular weight excluding hydrogens is 172 g/mol. The molecule has 0 aromatic heterocycles. The van der Waals surface area contributed by atoms with Crippen molar-refractivity contribution in [3.05, 3.63) is 60.8 Å². The maximum Gasteiger partial charge on any atom is 0.0646 e. The summed E-state index contributed by atoms with van der Waals surface area (Å²) >= 11 is 0. The summed E-state index contributed by atoms with van der Waals surface area (Å²) in [7, 11) is 1.69. The Bertz CT molecular complexity index is 268. The quantitative estimate of drug-likeness (QED) is 0.602. The van der Waals surface area contributed by atoms with Crippen molar-refractivity contribution >= 4 is 0 Å². The van der Waals surface area contributed by atoms with Crippen LogP contribution in [0.3, 0.4) is 0 Å². The molecule has 74 valence electrons. The number of rotatable bonds is 5. The predicted molar refractivity (Wildman–Crippen MR) is 61.1 cm³/mol. The van der Waals surface area contributed by atoms with E-state index in [2.05, 4.69) is 36.5 Å². The minimum absolute atomic E-state index is 0.475. The van der Waals surface area contributed by atoms with Gasteiger partial charge in [-0.15, -0.1) is 0 Å². The zero-order valence-corrected chi connectivity index (χ0v) is 8.47. The minimum Gasteiger partial charge on any atom is -0.381 e. The van der Waals surface area contributed by atoms with Crippen molar-refractivity contribution in [1.29, 1.82) is 0 Å². The van der Waals surface area contributed by atoms with Crippen LogP contribution in [-0.2, 0) is 4.74 Å². The molecule has 0 aromatic carbocycles. The Morgan fingerprint density at radius 2 is 1.79 bits per heavy atom. The van der Waals surface area contributed by atoms with Gasteiger partial charge < -0.3 is 4.74 Å². The number of hydrogen-bond acceptors (Lipinski definition) is 1. The average Bonchev–Trinajstić information content (AvgIpc) is 2.69. The maximum absolute atomic E-state index is 4.87. The Balaban J connectivity index is 2.18. The fourth-order valence-electron chi connectivity index (χ4n) is 1.13. The lowest BCUT2D eigenvalue weighted by Gasteiger charge is -1.91. The van der Waals surface area contributed by atoms with Gasteiger partial charge in [-0.25, -0.2) is 0 Å². The second-order valence-corrected chi connectivity index (χ2v) is 3.00. The van der Waals surface area contributed by atoms with Crippen LogP contribution in [0.15, 0.2) is 60.8 Å². The highest BCUT2D eigenvalue weighted by Gasteiger charge is 1.94. The average molecular weight is 188 g/mol. The van der Waals surface area contributed by atoms with E-state index in [4.69, 9.17) is 4.74 Å². The van der Waals surface area contributed by atoms with E-state index in [0.717, 1.165) is 0 Å². The van der Waals surface area contributed by atoms with Crippen molar-refractivity contribution in [2.75, 3.05) is 13.7 Å². The van der Waals surface area contributed by atoms with Crippen LogP contribution in [0, 0.1) is 5.92 Å². The fraction of sp³-hybridized carbons (Fsp3) is 0.231. The fourth-order valence-corrected chi connectivity index (χ4v) is 1.13. The van der Waals surface area contributed by atoms with Crippen molar-refractivity contribution in [2.45, 2.75) is 0 Å². The van der Waals surface area contributed by atoms with Gasteiger partial charge >= 0.3 is 0 Å². The van der Waals surface area contributed by atoms with E-state index in [1.807, 2.05) is 24.3 Å². The molecule has 0 radical (unpaired) electrons. The van der Waals surface area contributed by atoms with E-state index in [0.29, 0.717) is 12.5 Å². The molecule has 0 amide bonds. The molecule has 1 rings (SSSR count). The van der Waals surface area contributed by atoms with E-state index in [1.165, 1.54) is 0 Å². The van der Waals surface area contributed by atoms with Crippen molar-refractivity contribution in [3.8, 4) is 0 Å². The second kappa shape index (κ2) is 7.10. The van der Waals surface area contributed by atoms with Gasteiger partial charge in [0.25, 0.3) is 0 Å². The molecule has 0 saturated carbocycles. The predicted octanol–water partition coefficient (Wildman–Crippen LogP) is 3.04. The van der Waals surface area contributed by atoms with Crippen LogP contribution < -0.4 is 0 Å². The lowest BCUT2D eigenvalue weighted by atomic mass is 10.1. The van der Waals surface area contributed by atoms with E-state index in [-0.39, 0.29) is 0 Å². The van der Waals surface area contributed by atoms with Crippen LogP contribution in [0.4, 0.5) is 0 Å². The smallest absolute Gasteiger partial charge is 0.0646 e. The lowest BCUT2D eigenvalue weighted by Crippen LogP contribution is -1.79. The Hall–Kier alpha value is -1.34. The molecule has 0 atom stereocenters. The Morgan fingerprint density at radius 3 is 2.50 bits per heavy atom. The van der Waals surface area contributed by atoms with Gasteiger partial charge in [0.15, 0.2) is 0 Å². The van der Waals surface area contributed by atoms with Gasteiger partial charge in [-0.05, 0) is 0 Å². The normalized spacial score (nSPS) is 17.2. The van der Waals surface area contributed by atoms with Crippen molar-refractivity contribution in [1.82, 2.24) is 0 Å². The third-order valence-electron chi connectivity index (χ3n) is 1.84. The molecule has 1 aliphatic carbocycles. The maximum atomic E-state index is 4.87. The monoisotopic (exact) mass is 188 g/mol. The summed E-state index contributed by atoms with van der Waals surface area (Å²) in [5.41, 5.74) is 0. The van der Waals surface area contributed by atoms with Crippen LogP contribution in [0.25, 0.3) is 0 Å². The molecule has 0 saturated heterocycles. The lowest BCUT2D eigenvalue weighted by molar-refractivity contribution is 0.234. The first-order valence-corrected chi connectivity index (χ1v) is 4.77. The highest BCUT2D eigenvalue weighted by atomic mass is 16.5. The van der Waals surface area contributed by atoms with E-state index in [1.54, 1.807) is 7.11 Å². The molecular formula is C13H16O. The molecule has 0 heterocycles. The summed E-state index contributed by atoms with van der Waals surface area (Å²) < 4.78 is 4.87. The van der Waals surface area contributed by atoms with E-state index >= 15 is 0 Å². The SMILES string of the molecule is COC/C=C/C=C/C=C/C1C=CC=C1. The summed E-state index contributed by atoms with van der Waals surface area (Å²) in [6.45, 7) is 0.669. The minimum atomic E-state index is 0.475. The summed E-state index contributed by atoms with van der Waals surface area (Å²) in [5, 5.41) is 0. The molecule has 1 heteroatoms. The Labute approximate surface area is 85.8 Å². The van der Waals surface area contributed by atoms with Crippen LogP contribution in [0.5, 0.6) is 0 Å². The molecule has 1 nitrogen and oxygen atoms in total. The first-order chi connectivity index (χ1) is 6.93. The van der Waals surface area contributed by atoms with Crippen molar-refractivity contribution in [2.24, 2.45) is 5.92 Å². The molecule has 0 unspecified atom stereocenters. The van der Waals surface area contributed by atoms with Gasteiger partial charge in [-0.3, -0.25) is 0 Å². The van der Waals surface area contributed by atoms with Crippen LogP contribution in [0.2, 0.25) is 0 Å². The van der Waals surface area contributed by atoms with Crippen LogP contribution in [0.1, 0.15) is 0 Å². The van der Waals surface area contributed by atoms with Gasteiger partial charge in [0, 0.05) is 13.0 Å². The molecule has 0 spiro atoms. The van der Waals surface area contributed by atoms with Crippen LogP contribution in [-0.4, -0.2) is 13.7 Å². The molecule has 0 fully saturated rings. The largest absolute Gasteiger partial charge is 0.381 e. The number of ether oxygens (including phenoxy) is 1. The zero-order chi connectivity index (χ0) is 10.1. The van der Waals surface area contributed by atoms with Gasteiger partial charge in [0.2, 0.25) is 0 Å². The van der Waals surface area contributed by atoms with E-state index in [9.17, 15) is 0 Å². The standard InChI is InChI=1S/C13H16O/c1-14-12-8-4-2-3-5-9-13-10-6-7-11-13/h2-11,13H,12H2,1H3/b3-2+,8-4+,9-5+. The summed E-state index contributed by atoms with van der Waals surface area (Å²) in [6.07, 6.45) is 20.6. The number of hydrogen-bond donors (Lipinski definition) is 0. The van der Waals surface area contributed by atoms with Crippen molar-refractivity contribution in [3.63, 3.8) is 0 Å². The summed E-state index contributed by atoms with van der Waals surface area (Å²) in [4.78, 5) is 0. The second-order valence-electron chi connectivity index (χ2n) is 3.00. The zero-order valence-electron chi connectivity index (χ0n) is 8.47. The Morgan fingerprint density at radius 1 is 1.07 bits per heavy atom. The van der Waals surface area contributed by atoms with Crippen LogP contribution >= 0.6 is 0 Å². The highest BCUT2D eigenvalue weighted by Crippen LogP contribution is 2.09. The first kappa shape index (κ1) is 10.7. The highest BCUT2D eigenvalue weighted by molar-refractivity contribution is 5.24. The van der Waals surface area contributed by atoms with Gasteiger partial charge in [-0.1, -0.05) is 60.8 Å². The summed E-state index contributed by atoms with van der Waals surface area (Å²) in [6, 6.07) is 0. The molecule has 1 aliphatic rings. The van der Waals surface area contributed by atoms with Gasteiger partial charge in [-0.2, -0.15) is 0 Å². The molecule has 0 aliphatic heterocycles. The Kier molecular flexibility index (Phi) is 5.45. The molecule has 0 N–H and O–H groups in total. The molecule has 14 heavy (non-hydrogen) atoms. The van der Waals surface area contributed by atoms with Crippen molar-refractivity contribution < 1.29 is 4.74 Å². The third-order valence-corrected chi connectivity index (χ3v) is 1.84. The molecule has 0 aromatic rings. The summed E-state index contributed by atoms with van der Waals surface area (Å²) in [5.74, 6) is 0.475. The number of allylic oxidation sites excluding steroid dienone is 9. The van der Waals surface area contributed by atoms with Gasteiger partial charge in [0.1, 0.15) is 0 Å².